The number of hydrogen-bond acceptors (Lipinski definition) is 4. The fraction of sp³-hybridized carbons (Fsp3) is 0.471. The van der Waals surface area contributed by atoms with E-state index in [1.54, 1.807) is 12.1 Å². The van der Waals surface area contributed by atoms with Gasteiger partial charge in [0, 0.05) is 18.5 Å². The summed E-state index contributed by atoms with van der Waals surface area (Å²) in [6.45, 7) is 5.47. The minimum Gasteiger partial charge on any atom is -0.348 e. The van der Waals surface area contributed by atoms with E-state index in [4.69, 9.17) is 0 Å². The molecule has 25 heavy (non-hydrogen) atoms. The van der Waals surface area contributed by atoms with E-state index >= 15 is 0 Å². The molecule has 1 aliphatic rings. The summed E-state index contributed by atoms with van der Waals surface area (Å²) in [6, 6.07) is 6.42. The van der Waals surface area contributed by atoms with Crippen molar-refractivity contribution in [3.63, 3.8) is 0 Å². The third-order valence-corrected chi connectivity index (χ3v) is 4.08. The van der Waals surface area contributed by atoms with E-state index in [-0.39, 0.29) is 35.9 Å². The van der Waals surface area contributed by atoms with Crippen LogP contribution in [0.4, 0.5) is 4.39 Å². The van der Waals surface area contributed by atoms with Crippen molar-refractivity contribution in [1.82, 2.24) is 25.4 Å². The monoisotopic (exact) mass is 367 g/mol. The molecule has 136 valence electrons. The fourth-order valence-corrected chi connectivity index (χ4v) is 2.82. The van der Waals surface area contributed by atoms with E-state index in [1.807, 2.05) is 13.8 Å². The number of carbonyl (C=O) groups excluding carboxylic acids is 1. The van der Waals surface area contributed by atoms with Gasteiger partial charge in [-0.3, -0.25) is 4.79 Å². The minimum atomic E-state index is -0.351. The molecule has 1 aliphatic heterocycles. The molecule has 6 nitrogen and oxygen atoms in total. The average molecular weight is 368 g/mol. The zero-order chi connectivity index (χ0) is 17.1. The van der Waals surface area contributed by atoms with Crippen LogP contribution in [-0.2, 0) is 0 Å². The third-order valence-electron chi connectivity index (χ3n) is 4.08. The first kappa shape index (κ1) is 19.3. The van der Waals surface area contributed by atoms with Crippen LogP contribution < -0.4 is 10.6 Å². The number of benzene rings is 1. The molecule has 3 rings (SSSR count). The van der Waals surface area contributed by atoms with Gasteiger partial charge in [-0.05, 0) is 37.6 Å². The largest absolute Gasteiger partial charge is 0.348 e. The summed E-state index contributed by atoms with van der Waals surface area (Å²) in [4.78, 5) is 16.7. The molecule has 1 fully saturated rings. The van der Waals surface area contributed by atoms with Crippen LogP contribution in [-0.4, -0.2) is 39.8 Å². The second-order valence-corrected chi connectivity index (χ2v) is 6.34. The van der Waals surface area contributed by atoms with Crippen molar-refractivity contribution < 1.29 is 9.18 Å². The van der Waals surface area contributed by atoms with Gasteiger partial charge in [0.25, 0.3) is 5.91 Å². The highest BCUT2D eigenvalue weighted by Crippen LogP contribution is 2.18. The molecule has 0 saturated carbocycles. The molecule has 0 bridgehead atoms. The van der Waals surface area contributed by atoms with Crippen LogP contribution >= 0.6 is 12.4 Å². The van der Waals surface area contributed by atoms with Gasteiger partial charge in [0.1, 0.15) is 11.6 Å². The maximum absolute atomic E-state index is 13.5. The summed E-state index contributed by atoms with van der Waals surface area (Å²) in [5.74, 6) is 0.140. The van der Waals surface area contributed by atoms with Crippen molar-refractivity contribution >= 4 is 18.3 Å². The highest BCUT2D eigenvalue weighted by Gasteiger charge is 2.21. The first-order valence-corrected chi connectivity index (χ1v) is 8.29. The van der Waals surface area contributed by atoms with Gasteiger partial charge in [0.05, 0.1) is 5.69 Å². The number of halogens is 2. The standard InChI is InChI=1S/C17H22FN5O.ClH/c1-11(2)16-21-15(17(24)20-10-13-6-4-8-19-13)22-23(16)14-7-3-5-12(18)9-14;/h3,5,7,9,11,13,19H,4,6,8,10H2,1-2H3,(H,20,24);1H. The molecular formula is C17H23ClFN5O. The molecule has 0 spiro atoms. The smallest absolute Gasteiger partial charge is 0.291 e. The van der Waals surface area contributed by atoms with Crippen molar-refractivity contribution in [2.75, 3.05) is 13.1 Å². The van der Waals surface area contributed by atoms with Gasteiger partial charge in [0.2, 0.25) is 5.82 Å². The Balaban J connectivity index is 0.00000225. The van der Waals surface area contributed by atoms with Crippen molar-refractivity contribution in [3.8, 4) is 5.69 Å². The normalized spacial score (nSPS) is 16.7. The molecule has 1 aromatic heterocycles. The summed E-state index contributed by atoms with van der Waals surface area (Å²) in [5.41, 5.74) is 0.558. The fourth-order valence-electron chi connectivity index (χ4n) is 2.82. The number of carbonyl (C=O) groups is 1. The Hall–Kier alpha value is -1.99. The Labute approximate surface area is 152 Å². The lowest BCUT2D eigenvalue weighted by Crippen LogP contribution is -2.37. The Morgan fingerprint density at radius 2 is 2.28 bits per heavy atom. The van der Waals surface area contributed by atoms with Gasteiger partial charge in [0.15, 0.2) is 0 Å². The van der Waals surface area contributed by atoms with Crippen LogP contribution in [0.1, 0.15) is 49.1 Å². The Morgan fingerprint density at radius 3 is 2.92 bits per heavy atom. The van der Waals surface area contributed by atoms with E-state index in [9.17, 15) is 9.18 Å². The third kappa shape index (κ3) is 4.55. The van der Waals surface area contributed by atoms with Crippen LogP contribution in [0.25, 0.3) is 5.69 Å². The summed E-state index contributed by atoms with van der Waals surface area (Å²) < 4.78 is 15.0. The van der Waals surface area contributed by atoms with Crippen LogP contribution in [0.3, 0.4) is 0 Å². The number of aromatic nitrogens is 3. The van der Waals surface area contributed by atoms with E-state index in [0.29, 0.717) is 24.1 Å². The number of nitrogens with zero attached hydrogens (tertiary/aromatic N) is 3. The molecule has 0 aliphatic carbocycles. The summed E-state index contributed by atoms with van der Waals surface area (Å²) in [5, 5.41) is 10.5. The van der Waals surface area contributed by atoms with Gasteiger partial charge < -0.3 is 10.6 Å². The van der Waals surface area contributed by atoms with Crippen LogP contribution in [0, 0.1) is 5.82 Å². The predicted octanol–water partition coefficient (Wildman–Crippen LogP) is 2.43. The number of rotatable bonds is 5. The Morgan fingerprint density at radius 1 is 1.48 bits per heavy atom. The highest BCUT2D eigenvalue weighted by molar-refractivity contribution is 5.90. The van der Waals surface area contributed by atoms with Gasteiger partial charge in [-0.1, -0.05) is 19.9 Å². The minimum absolute atomic E-state index is 0. The molecule has 1 atom stereocenters. The van der Waals surface area contributed by atoms with Gasteiger partial charge in [-0.25, -0.2) is 14.1 Å². The first-order valence-electron chi connectivity index (χ1n) is 8.29. The number of nitrogens with one attached hydrogen (secondary N) is 2. The lowest BCUT2D eigenvalue weighted by atomic mass is 10.2. The first-order chi connectivity index (χ1) is 11.5. The van der Waals surface area contributed by atoms with E-state index in [1.165, 1.54) is 16.8 Å². The lowest BCUT2D eigenvalue weighted by molar-refractivity contribution is 0.0940. The molecule has 1 aromatic carbocycles. The van der Waals surface area contributed by atoms with Crippen LogP contribution in [0.5, 0.6) is 0 Å². The van der Waals surface area contributed by atoms with Gasteiger partial charge in [-0.2, -0.15) is 0 Å². The molecule has 0 radical (unpaired) electrons. The van der Waals surface area contributed by atoms with Gasteiger partial charge >= 0.3 is 0 Å². The molecule has 2 aromatic rings. The summed E-state index contributed by atoms with van der Waals surface area (Å²) in [6.07, 6.45) is 2.19. The zero-order valence-corrected chi connectivity index (χ0v) is 15.1. The second-order valence-electron chi connectivity index (χ2n) is 6.34. The Bertz CT molecular complexity index is 728. The SMILES string of the molecule is CC(C)c1nc(C(=O)NCC2CCCN2)nn1-c1cccc(F)c1.Cl. The molecule has 1 saturated heterocycles. The number of amides is 1. The summed E-state index contributed by atoms with van der Waals surface area (Å²) >= 11 is 0. The maximum Gasteiger partial charge on any atom is 0.291 e. The molecule has 2 N–H and O–H groups in total. The van der Waals surface area contributed by atoms with E-state index in [0.717, 1.165) is 19.4 Å². The van der Waals surface area contributed by atoms with Crippen LogP contribution in [0.2, 0.25) is 0 Å². The summed E-state index contributed by atoms with van der Waals surface area (Å²) in [7, 11) is 0. The molecule has 8 heteroatoms. The van der Waals surface area contributed by atoms with Crippen molar-refractivity contribution in [2.24, 2.45) is 0 Å². The predicted molar refractivity (Wildman–Crippen MR) is 96.0 cm³/mol. The number of hydrogen-bond donors (Lipinski definition) is 2. The van der Waals surface area contributed by atoms with Crippen molar-refractivity contribution in [2.45, 2.75) is 38.6 Å². The molecule has 2 heterocycles. The van der Waals surface area contributed by atoms with Crippen LogP contribution in [0.15, 0.2) is 24.3 Å². The highest BCUT2D eigenvalue weighted by atomic mass is 35.5. The van der Waals surface area contributed by atoms with E-state index < -0.39 is 0 Å². The lowest BCUT2D eigenvalue weighted by Gasteiger charge is -2.09. The molecule has 1 amide bonds. The van der Waals surface area contributed by atoms with E-state index in [2.05, 4.69) is 20.7 Å². The van der Waals surface area contributed by atoms with Crippen molar-refractivity contribution in [3.05, 3.63) is 41.7 Å². The topological polar surface area (TPSA) is 71.8 Å². The van der Waals surface area contributed by atoms with Gasteiger partial charge in [-0.15, -0.1) is 17.5 Å². The van der Waals surface area contributed by atoms with Crippen molar-refractivity contribution in [1.29, 1.82) is 0 Å². The Kier molecular flexibility index (Phi) is 6.50. The molecule has 1 unspecified atom stereocenters. The maximum atomic E-state index is 13.5. The quantitative estimate of drug-likeness (QED) is 0.851. The molecular weight excluding hydrogens is 345 g/mol. The zero-order valence-electron chi connectivity index (χ0n) is 14.3. The second kappa shape index (κ2) is 8.40. The average Bonchev–Trinajstić information content (AvgIpc) is 3.22.